The van der Waals surface area contributed by atoms with Crippen LogP contribution >= 0.6 is 0 Å². The van der Waals surface area contributed by atoms with Gasteiger partial charge in [0, 0.05) is 25.2 Å². The first kappa shape index (κ1) is 25.9. The van der Waals surface area contributed by atoms with Crippen LogP contribution in [0.1, 0.15) is 73.4 Å². The van der Waals surface area contributed by atoms with E-state index in [1.165, 1.54) is 4.52 Å². The van der Waals surface area contributed by atoms with Crippen LogP contribution in [0.3, 0.4) is 0 Å². The van der Waals surface area contributed by atoms with E-state index in [9.17, 15) is 18.4 Å². The van der Waals surface area contributed by atoms with Gasteiger partial charge in [0.25, 0.3) is 11.7 Å². The van der Waals surface area contributed by atoms with E-state index in [2.05, 4.69) is 30.8 Å². The van der Waals surface area contributed by atoms with Crippen LogP contribution in [0.15, 0.2) is 30.7 Å². The van der Waals surface area contributed by atoms with Crippen molar-refractivity contribution in [3.63, 3.8) is 0 Å². The van der Waals surface area contributed by atoms with Crippen LogP contribution in [0.25, 0.3) is 11.9 Å². The van der Waals surface area contributed by atoms with Crippen LogP contribution in [0.4, 0.5) is 8.78 Å². The average Bonchev–Trinajstić information content (AvgIpc) is 3.58. The Labute approximate surface area is 218 Å². The predicted octanol–water partition coefficient (Wildman–Crippen LogP) is 3.42. The summed E-state index contributed by atoms with van der Waals surface area (Å²) in [4.78, 5) is 34.3. The number of halogens is 2. The monoisotopic (exact) mass is 526 g/mol. The minimum Gasteiger partial charge on any atom is -0.356 e. The zero-order valence-electron chi connectivity index (χ0n) is 21.3. The topological polar surface area (TPSA) is 119 Å². The molecule has 1 saturated heterocycles. The van der Waals surface area contributed by atoms with Gasteiger partial charge in [-0.2, -0.15) is 10.2 Å². The number of amides is 2. The van der Waals surface area contributed by atoms with E-state index in [4.69, 9.17) is 0 Å². The maximum atomic E-state index is 13.6. The zero-order chi connectivity index (χ0) is 26.6. The Hall–Kier alpha value is -3.70. The molecule has 3 aromatic rings. The molecule has 2 amide bonds. The van der Waals surface area contributed by atoms with Gasteiger partial charge in [-0.1, -0.05) is 12.5 Å². The number of alkyl halides is 2. The Balaban J connectivity index is 1.42. The van der Waals surface area contributed by atoms with Gasteiger partial charge < -0.3 is 10.6 Å². The second kappa shape index (κ2) is 11.4. The summed E-state index contributed by atoms with van der Waals surface area (Å²) in [6, 6.07) is 1.05. The molecule has 10 nitrogen and oxygen atoms in total. The minimum atomic E-state index is -2.40. The molecule has 0 spiro atoms. The summed E-state index contributed by atoms with van der Waals surface area (Å²) in [5.74, 6) is -1.11. The van der Waals surface area contributed by atoms with Gasteiger partial charge in [0.2, 0.25) is 12.3 Å². The van der Waals surface area contributed by atoms with E-state index < -0.39 is 18.4 Å². The van der Waals surface area contributed by atoms with Crippen LogP contribution in [0.5, 0.6) is 0 Å². The molecular weight excluding hydrogens is 494 g/mol. The number of nitrogens with one attached hydrogen (secondary N) is 2. The number of nitrogens with zero attached hydrogens (tertiary/aromatic N) is 6. The van der Waals surface area contributed by atoms with Crippen LogP contribution in [0.2, 0.25) is 0 Å². The van der Waals surface area contributed by atoms with Crippen molar-refractivity contribution >= 4 is 23.7 Å². The van der Waals surface area contributed by atoms with Crippen molar-refractivity contribution in [1.29, 1.82) is 0 Å². The Morgan fingerprint density at radius 2 is 2.11 bits per heavy atom. The van der Waals surface area contributed by atoms with Gasteiger partial charge >= 0.3 is 0 Å². The van der Waals surface area contributed by atoms with Crippen molar-refractivity contribution in [3.8, 4) is 0 Å². The molecule has 0 radical (unpaired) electrons. The lowest BCUT2D eigenvalue weighted by Gasteiger charge is -2.34. The number of hydrogen-bond acceptors (Lipinski definition) is 6. The fourth-order valence-electron chi connectivity index (χ4n) is 5.46. The van der Waals surface area contributed by atoms with Crippen molar-refractivity contribution in [3.05, 3.63) is 47.8 Å². The molecule has 202 valence electrons. The Morgan fingerprint density at radius 1 is 1.26 bits per heavy atom. The number of imidazole rings is 1. The molecule has 12 heteroatoms. The summed E-state index contributed by atoms with van der Waals surface area (Å²) in [5.41, 5.74) is 1.48. The lowest BCUT2D eigenvalue weighted by molar-refractivity contribution is -0.124. The van der Waals surface area contributed by atoms with E-state index in [-0.39, 0.29) is 23.7 Å². The maximum absolute atomic E-state index is 13.6. The first-order chi connectivity index (χ1) is 18.4. The third-order valence-electron chi connectivity index (χ3n) is 7.49. The molecule has 4 atom stereocenters. The molecule has 1 aliphatic heterocycles. The molecule has 38 heavy (non-hydrogen) atoms. The fourth-order valence-corrected chi connectivity index (χ4v) is 5.46. The highest BCUT2D eigenvalue weighted by molar-refractivity contribution is 5.92. The summed E-state index contributed by atoms with van der Waals surface area (Å²) >= 11 is 0. The lowest BCUT2D eigenvalue weighted by Crippen LogP contribution is -2.37. The van der Waals surface area contributed by atoms with E-state index in [1.807, 2.05) is 13.0 Å². The quantitative estimate of drug-likeness (QED) is 0.464. The molecule has 1 aliphatic carbocycles. The molecule has 2 fully saturated rings. The average molecular weight is 527 g/mol. The van der Waals surface area contributed by atoms with Crippen LogP contribution in [0, 0.1) is 17.8 Å². The molecule has 4 heterocycles. The van der Waals surface area contributed by atoms with Gasteiger partial charge in [-0.15, -0.1) is 0 Å². The molecule has 3 unspecified atom stereocenters. The number of rotatable bonds is 8. The molecule has 0 bridgehead atoms. The maximum Gasteiger partial charge on any atom is 0.270 e. The third-order valence-corrected chi connectivity index (χ3v) is 7.49. The van der Waals surface area contributed by atoms with Gasteiger partial charge in [-0.3, -0.25) is 14.3 Å². The molecule has 5 rings (SSSR count). The molecular formula is C26H32F2N8O2. The first-order valence-electron chi connectivity index (χ1n) is 13.2. The summed E-state index contributed by atoms with van der Waals surface area (Å²) in [6.07, 6.45) is 9.86. The van der Waals surface area contributed by atoms with E-state index in [1.54, 1.807) is 35.4 Å². The highest BCUT2D eigenvalue weighted by Gasteiger charge is 2.36. The highest BCUT2D eigenvalue weighted by atomic mass is 19.3. The second-order valence-corrected chi connectivity index (χ2v) is 10.00. The van der Waals surface area contributed by atoms with Crippen LogP contribution in [-0.2, 0) is 11.3 Å². The molecule has 3 aromatic heterocycles. The van der Waals surface area contributed by atoms with Gasteiger partial charge in [-0.05, 0) is 57.1 Å². The van der Waals surface area contributed by atoms with Crippen LogP contribution < -0.4 is 10.6 Å². The standard InChI is InChI=1S/C26H32F2N8O2/c1-2-35-21(10-12-31-35)25(38)33-22(17-5-3-6-18(13-17)23(27)28)20-15-36-26(32-20)30-14-19(34-36)9-8-16-7-4-11-29-24(16)37/h8-10,12,14-18,22-23H,2-7,11,13H2,1H3,(H,29,37)(H,33,38)/b9-8+/t16?,17?,18?,22-/m0/s1. The van der Waals surface area contributed by atoms with Gasteiger partial charge in [-0.25, -0.2) is 23.3 Å². The molecule has 1 saturated carbocycles. The van der Waals surface area contributed by atoms with Gasteiger partial charge in [0.05, 0.1) is 30.0 Å². The number of aromatic nitrogens is 6. The predicted molar refractivity (Wildman–Crippen MR) is 135 cm³/mol. The summed E-state index contributed by atoms with van der Waals surface area (Å²) in [6.45, 7) is 3.12. The third kappa shape index (κ3) is 5.58. The Kier molecular flexibility index (Phi) is 7.75. The first-order valence-corrected chi connectivity index (χ1v) is 13.2. The Morgan fingerprint density at radius 3 is 2.89 bits per heavy atom. The number of piperidine rings is 1. The summed E-state index contributed by atoms with van der Waals surface area (Å²) in [5, 5.41) is 14.6. The molecule has 2 N–H and O–H groups in total. The van der Waals surface area contributed by atoms with E-state index in [0.29, 0.717) is 61.6 Å². The number of aryl methyl sites for hydroxylation is 1. The number of carbonyl (C=O) groups excluding carboxylic acids is 2. The fraction of sp³-hybridized carbons (Fsp3) is 0.538. The normalized spacial score (nSPS) is 23.2. The lowest BCUT2D eigenvalue weighted by atomic mass is 9.77. The van der Waals surface area contributed by atoms with Crippen molar-refractivity contribution in [2.45, 2.75) is 64.5 Å². The zero-order valence-corrected chi connectivity index (χ0v) is 21.3. The number of hydrogen-bond donors (Lipinski definition) is 2. The van der Waals surface area contributed by atoms with Crippen molar-refractivity contribution in [2.75, 3.05) is 6.54 Å². The van der Waals surface area contributed by atoms with E-state index >= 15 is 0 Å². The summed E-state index contributed by atoms with van der Waals surface area (Å²) in [7, 11) is 0. The van der Waals surface area contributed by atoms with Gasteiger partial charge in [0.15, 0.2) is 0 Å². The van der Waals surface area contributed by atoms with Crippen molar-refractivity contribution in [1.82, 2.24) is 40.0 Å². The molecule has 2 aliphatic rings. The van der Waals surface area contributed by atoms with E-state index in [0.717, 1.165) is 12.8 Å². The smallest absolute Gasteiger partial charge is 0.270 e. The second-order valence-electron chi connectivity index (χ2n) is 10.00. The van der Waals surface area contributed by atoms with Crippen molar-refractivity contribution < 1.29 is 18.4 Å². The minimum absolute atomic E-state index is 0.00374. The van der Waals surface area contributed by atoms with Gasteiger partial charge in [0.1, 0.15) is 11.4 Å². The largest absolute Gasteiger partial charge is 0.356 e. The molecule has 0 aromatic carbocycles. The summed E-state index contributed by atoms with van der Waals surface area (Å²) < 4.78 is 30.4. The highest BCUT2D eigenvalue weighted by Crippen LogP contribution is 2.39. The number of carbonyl (C=O) groups is 2. The SMILES string of the molecule is CCn1nccc1C(=O)N[C@H](c1cn2nc(/C=C/C3CCCNC3=O)cnc2n1)C1CCCC(C(F)F)C1. The Bertz CT molecular complexity index is 1320. The number of fused-ring (bicyclic) bond motifs is 1. The van der Waals surface area contributed by atoms with Crippen LogP contribution in [-0.4, -0.2) is 54.1 Å². The van der Waals surface area contributed by atoms with Crippen molar-refractivity contribution in [2.24, 2.45) is 17.8 Å².